The average molecular weight is 564 g/mol. The maximum Gasteiger partial charge on any atom is 0.410 e. The normalized spacial score (nSPS) is 11.2. The Kier molecular flexibility index (Phi) is 9.03. The number of hydrogen-bond donors (Lipinski definition) is 1. The molecule has 1 aromatic heterocycles. The van der Waals surface area contributed by atoms with Crippen LogP contribution in [0.1, 0.15) is 26.3 Å². The van der Waals surface area contributed by atoms with Gasteiger partial charge in [-0.05, 0) is 45.0 Å². The van der Waals surface area contributed by atoms with Crippen LogP contribution in [0.15, 0.2) is 53.5 Å². The van der Waals surface area contributed by atoms with Gasteiger partial charge in [-0.2, -0.15) is 0 Å². The molecule has 0 radical (unpaired) electrons. The topological polar surface area (TPSA) is 124 Å². The summed E-state index contributed by atoms with van der Waals surface area (Å²) in [4.78, 5) is 37.2. The van der Waals surface area contributed by atoms with E-state index in [9.17, 15) is 19.7 Å². The standard InChI is InChI=1S/C26H27Cl2N3O7/c1-26(2,3)30(25(34)37-10-9-32)14-16-11-17(27)5-7-22(16)38-23-8-6-18(31(35)36)12-19(23)20-15-29(4)24(33)13-21(20)28/h5-8,11-13,15,32H,9-10,14H2,1-4H3. The molecule has 10 nitrogen and oxygen atoms in total. The van der Waals surface area contributed by atoms with Crippen LogP contribution in [-0.4, -0.2) is 44.3 Å². The zero-order valence-corrected chi connectivity index (χ0v) is 22.7. The lowest BCUT2D eigenvalue weighted by Gasteiger charge is -2.35. The number of non-ortho nitro benzene ring substituents is 1. The van der Waals surface area contributed by atoms with Gasteiger partial charge in [0.05, 0.1) is 23.1 Å². The molecule has 3 rings (SSSR count). The van der Waals surface area contributed by atoms with Crippen LogP contribution in [0, 0.1) is 10.1 Å². The van der Waals surface area contributed by atoms with E-state index in [1.807, 2.05) is 20.8 Å². The number of aromatic nitrogens is 1. The quantitative estimate of drug-likeness (QED) is 0.271. The summed E-state index contributed by atoms with van der Waals surface area (Å²) in [6, 6.07) is 10.1. The van der Waals surface area contributed by atoms with E-state index in [2.05, 4.69) is 0 Å². The second-order valence-corrected chi connectivity index (χ2v) is 10.2. The van der Waals surface area contributed by atoms with E-state index in [0.29, 0.717) is 21.9 Å². The van der Waals surface area contributed by atoms with Crippen LogP contribution in [0.25, 0.3) is 11.1 Å². The van der Waals surface area contributed by atoms with Gasteiger partial charge in [0.2, 0.25) is 0 Å². The first-order valence-electron chi connectivity index (χ1n) is 11.5. The number of nitrogens with zero attached hydrogens (tertiary/aromatic N) is 3. The molecule has 38 heavy (non-hydrogen) atoms. The van der Waals surface area contributed by atoms with Gasteiger partial charge in [0.15, 0.2) is 0 Å². The Hall–Kier alpha value is -3.60. The lowest BCUT2D eigenvalue weighted by atomic mass is 10.0. The number of carbonyl (C=O) groups is 1. The monoisotopic (exact) mass is 563 g/mol. The number of aliphatic hydroxyl groups excluding tert-OH is 1. The summed E-state index contributed by atoms with van der Waals surface area (Å²) in [5, 5.41) is 21.1. The highest BCUT2D eigenvalue weighted by Gasteiger charge is 2.29. The molecule has 1 N–H and O–H groups in total. The van der Waals surface area contributed by atoms with Gasteiger partial charge in [-0.1, -0.05) is 23.2 Å². The Bertz CT molecular complexity index is 1420. The number of benzene rings is 2. The van der Waals surface area contributed by atoms with Crippen LogP contribution in [-0.2, 0) is 18.3 Å². The minimum absolute atomic E-state index is 0.0482. The first-order chi connectivity index (χ1) is 17.8. The van der Waals surface area contributed by atoms with E-state index in [0.717, 1.165) is 0 Å². The first-order valence-corrected chi connectivity index (χ1v) is 12.2. The fourth-order valence-corrected chi connectivity index (χ4v) is 4.02. The maximum absolute atomic E-state index is 12.8. The predicted octanol–water partition coefficient (Wildman–Crippen LogP) is 5.79. The number of aliphatic hydroxyl groups is 1. The van der Waals surface area contributed by atoms with Crippen molar-refractivity contribution in [3.63, 3.8) is 0 Å². The zero-order valence-electron chi connectivity index (χ0n) is 21.2. The molecule has 202 valence electrons. The van der Waals surface area contributed by atoms with E-state index < -0.39 is 16.6 Å². The number of halogens is 2. The lowest BCUT2D eigenvalue weighted by Crippen LogP contribution is -2.45. The van der Waals surface area contributed by atoms with Crippen molar-refractivity contribution in [2.24, 2.45) is 7.05 Å². The molecule has 0 saturated carbocycles. The van der Waals surface area contributed by atoms with Gasteiger partial charge >= 0.3 is 6.09 Å². The number of nitro groups is 1. The maximum atomic E-state index is 12.8. The molecule has 0 aliphatic carbocycles. The fraction of sp³-hybridized carbons (Fsp3) is 0.308. The van der Waals surface area contributed by atoms with Gasteiger partial charge in [0, 0.05) is 58.7 Å². The summed E-state index contributed by atoms with van der Waals surface area (Å²) in [5.41, 5.74) is -0.0273. The van der Waals surface area contributed by atoms with Crippen LogP contribution in [0.2, 0.25) is 10.0 Å². The molecule has 0 atom stereocenters. The highest BCUT2D eigenvalue weighted by atomic mass is 35.5. The summed E-state index contributed by atoms with van der Waals surface area (Å²) < 4.78 is 12.7. The third-order valence-electron chi connectivity index (χ3n) is 5.56. The largest absolute Gasteiger partial charge is 0.456 e. The van der Waals surface area contributed by atoms with Crippen molar-refractivity contribution in [1.29, 1.82) is 0 Å². The van der Waals surface area contributed by atoms with Crippen molar-refractivity contribution in [3.8, 4) is 22.6 Å². The predicted molar refractivity (Wildman–Crippen MR) is 144 cm³/mol. The number of pyridine rings is 1. The summed E-state index contributed by atoms with van der Waals surface area (Å²) >= 11 is 12.6. The van der Waals surface area contributed by atoms with Gasteiger partial charge in [-0.3, -0.25) is 19.8 Å². The van der Waals surface area contributed by atoms with Gasteiger partial charge in [0.1, 0.15) is 18.1 Å². The number of rotatable bonds is 8. The molecular formula is C26H27Cl2N3O7. The number of amides is 1. The molecule has 1 heterocycles. The molecule has 0 spiro atoms. The average Bonchev–Trinajstić information content (AvgIpc) is 2.84. The number of ether oxygens (including phenoxy) is 2. The van der Waals surface area contributed by atoms with Crippen molar-refractivity contribution >= 4 is 35.0 Å². The van der Waals surface area contributed by atoms with Gasteiger partial charge in [-0.25, -0.2) is 4.79 Å². The van der Waals surface area contributed by atoms with E-state index in [1.165, 1.54) is 47.0 Å². The SMILES string of the molecule is Cn1cc(-c2cc([N+](=O)[O-])ccc2Oc2ccc(Cl)cc2CN(C(=O)OCCO)C(C)(C)C)c(Cl)cc1=O. The summed E-state index contributed by atoms with van der Waals surface area (Å²) in [6.45, 7) is 5.06. The molecular weight excluding hydrogens is 537 g/mol. The van der Waals surface area contributed by atoms with Crippen molar-refractivity contribution in [2.75, 3.05) is 13.2 Å². The first kappa shape index (κ1) is 29.0. The fourth-order valence-electron chi connectivity index (χ4n) is 3.58. The van der Waals surface area contributed by atoms with Crippen LogP contribution >= 0.6 is 23.2 Å². The third kappa shape index (κ3) is 6.83. The van der Waals surface area contributed by atoms with Crippen molar-refractivity contribution in [3.05, 3.63) is 84.7 Å². The second kappa shape index (κ2) is 11.8. The van der Waals surface area contributed by atoms with Gasteiger partial charge in [0.25, 0.3) is 11.2 Å². The highest BCUT2D eigenvalue weighted by molar-refractivity contribution is 6.33. The molecule has 0 unspecified atom stereocenters. The summed E-state index contributed by atoms with van der Waals surface area (Å²) in [5.74, 6) is 0.555. The minimum Gasteiger partial charge on any atom is -0.456 e. The molecule has 1 amide bonds. The molecule has 0 saturated heterocycles. The van der Waals surface area contributed by atoms with E-state index in [-0.39, 0.29) is 47.3 Å². The van der Waals surface area contributed by atoms with Gasteiger partial charge < -0.3 is 19.1 Å². The second-order valence-electron chi connectivity index (χ2n) is 9.37. The molecule has 0 fully saturated rings. The van der Waals surface area contributed by atoms with Crippen LogP contribution in [0.5, 0.6) is 11.5 Å². The molecule has 0 aliphatic heterocycles. The van der Waals surface area contributed by atoms with E-state index in [1.54, 1.807) is 18.2 Å². The molecule has 3 aromatic rings. The van der Waals surface area contributed by atoms with Crippen molar-refractivity contribution in [2.45, 2.75) is 32.9 Å². The Labute approximate surface area is 229 Å². The van der Waals surface area contributed by atoms with E-state index in [4.69, 9.17) is 37.8 Å². The van der Waals surface area contributed by atoms with E-state index >= 15 is 0 Å². The zero-order chi connectivity index (χ0) is 28.2. The van der Waals surface area contributed by atoms with Crippen molar-refractivity contribution in [1.82, 2.24) is 9.47 Å². The van der Waals surface area contributed by atoms with Gasteiger partial charge in [-0.15, -0.1) is 0 Å². The number of carbonyl (C=O) groups excluding carboxylic acids is 1. The van der Waals surface area contributed by atoms with Crippen LogP contribution < -0.4 is 10.3 Å². The molecule has 0 aliphatic rings. The third-order valence-corrected chi connectivity index (χ3v) is 6.11. The Morgan fingerprint density at radius 2 is 1.79 bits per heavy atom. The Balaban J connectivity index is 2.11. The Morgan fingerprint density at radius 3 is 2.42 bits per heavy atom. The smallest absolute Gasteiger partial charge is 0.410 e. The van der Waals surface area contributed by atoms with Crippen LogP contribution in [0.3, 0.4) is 0 Å². The number of nitro benzene ring substituents is 1. The highest BCUT2D eigenvalue weighted by Crippen LogP contribution is 2.40. The number of hydrogen-bond acceptors (Lipinski definition) is 7. The van der Waals surface area contributed by atoms with Crippen LogP contribution in [0.4, 0.5) is 10.5 Å². The lowest BCUT2D eigenvalue weighted by molar-refractivity contribution is -0.384. The number of aryl methyl sites for hydroxylation is 1. The van der Waals surface area contributed by atoms with Crippen molar-refractivity contribution < 1.29 is 24.3 Å². The molecule has 0 bridgehead atoms. The summed E-state index contributed by atoms with van der Waals surface area (Å²) in [6.07, 6.45) is 0.836. The molecule has 2 aromatic carbocycles. The Morgan fingerprint density at radius 1 is 1.11 bits per heavy atom. The minimum atomic E-state index is -0.660. The summed E-state index contributed by atoms with van der Waals surface area (Å²) in [7, 11) is 1.54. The molecule has 12 heteroatoms.